The van der Waals surface area contributed by atoms with Gasteiger partial charge in [-0.15, -0.1) is 0 Å². The molecule has 2 aromatic heterocycles. The molecule has 0 bridgehead atoms. The smallest absolute Gasteiger partial charge is 0.225 e. The van der Waals surface area contributed by atoms with E-state index >= 15 is 0 Å². The van der Waals surface area contributed by atoms with Crippen LogP contribution < -0.4 is 11.5 Å². The van der Waals surface area contributed by atoms with Crippen molar-refractivity contribution < 1.29 is 0 Å². The molecule has 0 saturated heterocycles. The highest BCUT2D eigenvalue weighted by atomic mass is 15.2. The molecule has 2 heterocycles. The van der Waals surface area contributed by atoms with E-state index in [1.807, 2.05) is 12.4 Å². The van der Waals surface area contributed by atoms with Gasteiger partial charge in [-0.05, 0) is 12.8 Å². The predicted octanol–water partition coefficient (Wildman–Crippen LogP) is 5.09. The van der Waals surface area contributed by atoms with E-state index in [-0.39, 0.29) is 17.9 Å². The average Bonchev–Trinajstić information content (AvgIpc) is 3.14. The van der Waals surface area contributed by atoms with E-state index in [4.69, 9.17) is 11.5 Å². The van der Waals surface area contributed by atoms with Crippen molar-refractivity contribution in [3.05, 3.63) is 24.0 Å². The van der Waals surface area contributed by atoms with Crippen molar-refractivity contribution >= 4 is 11.9 Å². The van der Waals surface area contributed by atoms with Gasteiger partial charge in [-0.1, -0.05) is 78.1 Å². The number of nitrogens with zero attached hydrogens (tertiary/aromatic N) is 5. The Balaban J connectivity index is 1.91. The summed E-state index contributed by atoms with van der Waals surface area (Å²) in [6.07, 6.45) is 19.9. The largest absolute Gasteiger partial charge is 0.368 e. The molecule has 0 aliphatic heterocycles. The minimum Gasteiger partial charge on any atom is -0.368 e. The third-order valence-corrected chi connectivity index (χ3v) is 5.41. The van der Waals surface area contributed by atoms with Crippen LogP contribution in [0.5, 0.6) is 0 Å². The molecule has 0 aromatic carbocycles. The first kappa shape index (κ1) is 23.1. The van der Waals surface area contributed by atoms with Crippen LogP contribution in [-0.2, 0) is 6.42 Å². The second kappa shape index (κ2) is 13.1. The average molecular weight is 402 g/mol. The maximum atomic E-state index is 5.82. The summed E-state index contributed by atoms with van der Waals surface area (Å²) >= 11 is 0. The number of rotatable bonds is 15. The van der Waals surface area contributed by atoms with Crippen molar-refractivity contribution in [2.75, 3.05) is 11.5 Å². The van der Waals surface area contributed by atoms with Crippen LogP contribution in [-0.4, -0.2) is 24.5 Å². The summed E-state index contributed by atoms with van der Waals surface area (Å²) < 4.78 is 2.20. The Hall–Kier alpha value is -2.18. The van der Waals surface area contributed by atoms with Crippen LogP contribution in [0.4, 0.5) is 11.9 Å². The van der Waals surface area contributed by atoms with Crippen molar-refractivity contribution in [1.82, 2.24) is 24.5 Å². The van der Waals surface area contributed by atoms with Crippen molar-refractivity contribution in [2.45, 2.75) is 103 Å². The van der Waals surface area contributed by atoms with Crippen LogP contribution >= 0.6 is 0 Å². The molecule has 0 fully saturated rings. The molecule has 2 aromatic rings. The summed E-state index contributed by atoms with van der Waals surface area (Å²) in [5.74, 6) is 2.07. The minimum atomic E-state index is -0.00128. The van der Waals surface area contributed by atoms with E-state index in [1.54, 1.807) is 0 Å². The fraction of sp³-hybridized carbons (Fsp3) is 0.727. The summed E-state index contributed by atoms with van der Waals surface area (Å²) in [7, 11) is 0. The molecule has 7 heteroatoms. The second-order valence-electron chi connectivity index (χ2n) is 7.90. The number of nitrogens with two attached hydrogens (primary N) is 2. The number of unbranched alkanes of at least 4 members (excludes halogenated alkanes) is 9. The van der Waals surface area contributed by atoms with E-state index in [9.17, 15) is 0 Å². The Morgan fingerprint density at radius 1 is 0.793 bits per heavy atom. The topological polar surface area (TPSA) is 109 Å². The molecule has 162 valence electrons. The Morgan fingerprint density at radius 3 is 2.00 bits per heavy atom. The Labute approximate surface area is 175 Å². The van der Waals surface area contributed by atoms with Gasteiger partial charge < -0.3 is 16.0 Å². The standard InChI is InChI=1S/C22H39N7/c1-3-5-7-8-9-10-11-12-13-15-19-25-16-17-29(19)18(14-6-4-2)20-26-21(23)28-22(24)27-20/h16-18H,3-15H2,1-2H3,(H4,23,24,26,27,28). The third-order valence-electron chi connectivity index (χ3n) is 5.41. The first-order valence-corrected chi connectivity index (χ1v) is 11.4. The van der Waals surface area contributed by atoms with Crippen molar-refractivity contribution in [3.63, 3.8) is 0 Å². The highest BCUT2D eigenvalue weighted by Crippen LogP contribution is 2.24. The van der Waals surface area contributed by atoms with Gasteiger partial charge in [0.25, 0.3) is 0 Å². The van der Waals surface area contributed by atoms with Gasteiger partial charge in [0.05, 0.1) is 6.04 Å². The van der Waals surface area contributed by atoms with Gasteiger partial charge in [-0.3, -0.25) is 0 Å². The van der Waals surface area contributed by atoms with Crippen LogP contribution in [0.1, 0.15) is 109 Å². The molecule has 1 atom stereocenters. The van der Waals surface area contributed by atoms with Gasteiger partial charge in [-0.2, -0.15) is 15.0 Å². The SMILES string of the molecule is CCCCCCCCCCCc1nccn1C(CCCC)c1nc(N)nc(N)n1. The summed E-state index contributed by atoms with van der Waals surface area (Å²) in [6, 6.07) is -0.00128. The second-order valence-corrected chi connectivity index (χ2v) is 7.90. The van der Waals surface area contributed by atoms with Crippen molar-refractivity contribution in [2.24, 2.45) is 0 Å². The molecule has 7 nitrogen and oxygen atoms in total. The molecule has 0 aliphatic rings. The van der Waals surface area contributed by atoms with Gasteiger partial charge in [0, 0.05) is 18.8 Å². The number of anilines is 2. The van der Waals surface area contributed by atoms with Gasteiger partial charge in [0.15, 0.2) is 5.82 Å². The maximum absolute atomic E-state index is 5.82. The summed E-state index contributed by atoms with van der Waals surface area (Å²) in [6.45, 7) is 4.45. The van der Waals surface area contributed by atoms with E-state index in [1.165, 1.54) is 51.4 Å². The van der Waals surface area contributed by atoms with Crippen LogP contribution in [0.3, 0.4) is 0 Å². The molecule has 0 aliphatic carbocycles. The van der Waals surface area contributed by atoms with Crippen molar-refractivity contribution in [1.29, 1.82) is 0 Å². The summed E-state index contributed by atoms with van der Waals surface area (Å²) in [5.41, 5.74) is 11.6. The molecule has 2 rings (SSSR count). The molecular weight excluding hydrogens is 362 g/mol. The number of hydrogen-bond acceptors (Lipinski definition) is 6. The zero-order valence-electron chi connectivity index (χ0n) is 18.3. The highest BCUT2D eigenvalue weighted by Gasteiger charge is 2.20. The number of aryl methyl sites for hydroxylation is 1. The highest BCUT2D eigenvalue weighted by molar-refractivity contribution is 5.27. The van der Waals surface area contributed by atoms with Crippen LogP contribution in [0.2, 0.25) is 0 Å². The lowest BCUT2D eigenvalue weighted by Crippen LogP contribution is -2.18. The third kappa shape index (κ3) is 7.99. The van der Waals surface area contributed by atoms with E-state index < -0.39 is 0 Å². The van der Waals surface area contributed by atoms with Crippen LogP contribution in [0, 0.1) is 0 Å². The Bertz CT molecular complexity index is 678. The van der Waals surface area contributed by atoms with Gasteiger partial charge in [0.1, 0.15) is 5.82 Å². The van der Waals surface area contributed by atoms with Gasteiger partial charge in [-0.25, -0.2) is 4.98 Å². The predicted molar refractivity (Wildman–Crippen MR) is 119 cm³/mol. The Morgan fingerprint density at radius 2 is 1.38 bits per heavy atom. The minimum absolute atomic E-state index is 0.00128. The van der Waals surface area contributed by atoms with E-state index in [0.29, 0.717) is 5.82 Å². The molecule has 0 radical (unpaired) electrons. The molecule has 1 unspecified atom stereocenters. The molecule has 4 N–H and O–H groups in total. The normalized spacial score (nSPS) is 12.3. The summed E-state index contributed by atoms with van der Waals surface area (Å²) in [4.78, 5) is 17.2. The van der Waals surface area contributed by atoms with Gasteiger partial charge >= 0.3 is 0 Å². The molecule has 0 spiro atoms. The Kier molecular flexibility index (Phi) is 10.5. The maximum Gasteiger partial charge on any atom is 0.225 e. The first-order valence-electron chi connectivity index (χ1n) is 11.4. The van der Waals surface area contributed by atoms with Gasteiger partial charge in [0.2, 0.25) is 11.9 Å². The molecule has 0 saturated carbocycles. The van der Waals surface area contributed by atoms with Crippen LogP contribution in [0.15, 0.2) is 12.4 Å². The molecular formula is C22H39N7. The fourth-order valence-corrected chi connectivity index (χ4v) is 3.78. The number of nitrogen functional groups attached to an aromatic ring is 2. The molecule has 29 heavy (non-hydrogen) atoms. The van der Waals surface area contributed by atoms with Crippen molar-refractivity contribution in [3.8, 4) is 0 Å². The summed E-state index contributed by atoms with van der Waals surface area (Å²) in [5, 5.41) is 0. The first-order chi connectivity index (χ1) is 14.2. The zero-order valence-corrected chi connectivity index (χ0v) is 18.3. The lowest BCUT2D eigenvalue weighted by molar-refractivity contribution is 0.470. The molecule has 0 amide bonds. The quantitative estimate of drug-likeness (QED) is 0.403. The lowest BCUT2D eigenvalue weighted by Gasteiger charge is -2.20. The fourth-order valence-electron chi connectivity index (χ4n) is 3.78. The van der Waals surface area contributed by atoms with E-state index in [0.717, 1.165) is 37.9 Å². The number of imidazole rings is 1. The number of hydrogen-bond donors (Lipinski definition) is 2. The van der Waals surface area contributed by atoms with Crippen LogP contribution in [0.25, 0.3) is 0 Å². The van der Waals surface area contributed by atoms with E-state index in [2.05, 4.69) is 38.4 Å². The lowest BCUT2D eigenvalue weighted by atomic mass is 10.1. The number of aromatic nitrogens is 5. The monoisotopic (exact) mass is 401 g/mol. The zero-order chi connectivity index (χ0) is 20.9.